The van der Waals surface area contributed by atoms with Gasteiger partial charge in [-0.15, -0.1) is 0 Å². The summed E-state index contributed by atoms with van der Waals surface area (Å²) in [4.78, 5) is 23.3. The number of aliphatic hydroxyl groups is 1. The number of nitrogens with zero attached hydrogens (tertiary/aromatic N) is 4. The van der Waals surface area contributed by atoms with E-state index in [2.05, 4.69) is 55.5 Å². The van der Waals surface area contributed by atoms with Crippen molar-refractivity contribution in [3.63, 3.8) is 0 Å². The summed E-state index contributed by atoms with van der Waals surface area (Å²) in [6.07, 6.45) is 4.36. The first-order valence-corrected chi connectivity index (χ1v) is 13.4. The van der Waals surface area contributed by atoms with Crippen LogP contribution in [0, 0.1) is 5.92 Å². The number of anilines is 1. The molecule has 2 fully saturated rings. The molecule has 1 amide bonds. The van der Waals surface area contributed by atoms with Crippen LogP contribution in [0.4, 0.5) is 5.82 Å². The third-order valence-corrected chi connectivity index (χ3v) is 7.29. The van der Waals surface area contributed by atoms with Crippen molar-refractivity contribution in [2.24, 2.45) is 5.92 Å². The van der Waals surface area contributed by atoms with Gasteiger partial charge >= 0.3 is 6.01 Å². The smallest absolute Gasteiger partial charge is 0.319 e. The van der Waals surface area contributed by atoms with Crippen molar-refractivity contribution >= 4 is 22.8 Å². The molecule has 3 heterocycles. The van der Waals surface area contributed by atoms with Crippen molar-refractivity contribution in [1.29, 1.82) is 0 Å². The quantitative estimate of drug-likeness (QED) is 0.262. The maximum atomic E-state index is 12.3. The molecule has 3 aromatic rings. The topological polar surface area (TPSA) is 152 Å². The minimum Gasteiger partial charge on any atom is -0.496 e. The number of nitrogens with two attached hydrogens (primary N) is 1. The number of H-pyrrole nitrogens is 1. The number of hydrogen-bond acceptors (Lipinski definition) is 9. The molecule has 5 rings (SSSR count). The zero-order chi connectivity index (χ0) is 26.6. The molecule has 2 aromatic heterocycles. The van der Waals surface area contributed by atoms with Gasteiger partial charge < -0.3 is 25.6 Å². The monoisotopic (exact) mass is 523 g/mol. The average Bonchev–Trinajstić information content (AvgIpc) is 3.55. The second-order valence-corrected chi connectivity index (χ2v) is 10.3. The van der Waals surface area contributed by atoms with Crippen LogP contribution in [0.15, 0.2) is 18.2 Å². The summed E-state index contributed by atoms with van der Waals surface area (Å²) < 4.78 is 11.4. The molecule has 38 heavy (non-hydrogen) atoms. The lowest BCUT2D eigenvalue weighted by Gasteiger charge is -2.19. The SMILES string of the molecule is CCCCOc1nc(N)c2n[nH]c(Cc3ccc(CN4CC[C@H](NC(=O)[C@H](O)C5CC5)C4)cc3OC)c2n1. The molecular weight excluding hydrogens is 486 g/mol. The van der Waals surface area contributed by atoms with Gasteiger partial charge in [0.15, 0.2) is 11.3 Å². The van der Waals surface area contributed by atoms with Crippen molar-refractivity contribution in [3.8, 4) is 11.8 Å². The molecule has 204 valence electrons. The lowest BCUT2D eigenvalue weighted by atomic mass is 10.0. The van der Waals surface area contributed by atoms with Crippen molar-refractivity contribution in [2.75, 3.05) is 32.5 Å². The van der Waals surface area contributed by atoms with E-state index < -0.39 is 6.10 Å². The van der Waals surface area contributed by atoms with E-state index in [0.717, 1.165) is 74.3 Å². The Bertz CT molecular complexity index is 1280. The van der Waals surface area contributed by atoms with Gasteiger partial charge in [-0.3, -0.25) is 14.8 Å². The van der Waals surface area contributed by atoms with Gasteiger partial charge in [0.05, 0.1) is 19.4 Å². The Morgan fingerprint density at radius 3 is 2.89 bits per heavy atom. The Balaban J connectivity index is 1.23. The number of amides is 1. The number of fused-ring (bicyclic) bond motifs is 1. The fourth-order valence-corrected chi connectivity index (χ4v) is 4.93. The maximum Gasteiger partial charge on any atom is 0.319 e. The zero-order valence-electron chi connectivity index (χ0n) is 22.1. The second kappa shape index (κ2) is 11.5. The molecule has 1 aliphatic carbocycles. The van der Waals surface area contributed by atoms with Crippen LogP contribution in [-0.2, 0) is 17.8 Å². The predicted octanol–water partition coefficient (Wildman–Crippen LogP) is 2.17. The average molecular weight is 524 g/mol. The van der Waals surface area contributed by atoms with Crippen LogP contribution in [0.2, 0.25) is 0 Å². The number of rotatable bonds is 12. The van der Waals surface area contributed by atoms with E-state index in [4.69, 9.17) is 15.2 Å². The number of aromatic nitrogens is 4. The molecule has 1 aliphatic heterocycles. The Kier molecular flexibility index (Phi) is 7.94. The molecule has 0 radical (unpaired) electrons. The van der Waals surface area contributed by atoms with E-state index in [1.165, 1.54) is 0 Å². The first kappa shape index (κ1) is 26.2. The highest BCUT2D eigenvalue weighted by atomic mass is 16.5. The summed E-state index contributed by atoms with van der Waals surface area (Å²) in [5.41, 5.74) is 10.2. The van der Waals surface area contributed by atoms with Gasteiger partial charge in [0.25, 0.3) is 0 Å². The number of aliphatic hydroxyl groups excluding tert-OH is 1. The highest BCUT2D eigenvalue weighted by Gasteiger charge is 2.36. The number of carbonyl (C=O) groups excluding carboxylic acids is 1. The Morgan fingerprint density at radius 2 is 2.13 bits per heavy atom. The molecule has 11 nitrogen and oxygen atoms in total. The number of unbranched alkanes of at least 4 members (excludes halogenated alkanes) is 1. The van der Waals surface area contributed by atoms with Crippen LogP contribution >= 0.6 is 0 Å². The van der Waals surface area contributed by atoms with Gasteiger partial charge in [-0.05, 0) is 43.2 Å². The molecule has 0 spiro atoms. The zero-order valence-corrected chi connectivity index (χ0v) is 22.1. The molecule has 2 aliphatic rings. The van der Waals surface area contributed by atoms with Gasteiger partial charge in [0.2, 0.25) is 5.91 Å². The Hall–Kier alpha value is -3.44. The fraction of sp³-hybridized carbons (Fsp3) is 0.556. The highest BCUT2D eigenvalue weighted by molar-refractivity contribution is 5.86. The Labute approximate surface area is 222 Å². The van der Waals surface area contributed by atoms with Crippen molar-refractivity contribution in [3.05, 3.63) is 35.0 Å². The highest BCUT2D eigenvalue weighted by Crippen LogP contribution is 2.33. The van der Waals surface area contributed by atoms with Gasteiger partial charge in [0, 0.05) is 37.7 Å². The molecule has 1 saturated carbocycles. The van der Waals surface area contributed by atoms with Crippen molar-refractivity contribution in [1.82, 2.24) is 30.4 Å². The molecule has 1 aromatic carbocycles. The summed E-state index contributed by atoms with van der Waals surface area (Å²) in [6, 6.07) is 6.54. The number of nitrogen functional groups attached to an aromatic ring is 1. The fourth-order valence-electron chi connectivity index (χ4n) is 4.93. The largest absolute Gasteiger partial charge is 0.496 e. The van der Waals surface area contributed by atoms with Crippen molar-refractivity contribution in [2.45, 2.75) is 64.1 Å². The van der Waals surface area contributed by atoms with E-state index >= 15 is 0 Å². The number of nitrogens with one attached hydrogen (secondary N) is 2. The number of carbonyl (C=O) groups is 1. The normalized spacial score (nSPS) is 18.6. The molecule has 1 saturated heterocycles. The summed E-state index contributed by atoms with van der Waals surface area (Å²) in [5.74, 6) is 0.976. The van der Waals surface area contributed by atoms with Gasteiger partial charge in [-0.1, -0.05) is 25.5 Å². The van der Waals surface area contributed by atoms with Crippen LogP contribution in [0.3, 0.4) is 0 Å². The lowest BCUT2D eigenvalue weighted by molar-refractivity contribution is -0.131. The molecule has 0 unspecified atom stereocenters. The third kappa shape index (κ3) is 5.99. The number of methoxy groups -OCH3 is 1. The maximum absolute atomic E-state index is 12.3. The number of ether oxygens (including phenoxy) is 2. The van der Waals surface area contributed by atoms with Crippen molar-refractivity contribution < 1.29 is 19.4 Å². The Morgan fingerprint density at radius 1 is 1.29 bits per heavy atom. The minimum atomic E-state index is -0.865. The number of likely N-dealkylation sites (tertiary alicyclic amines) is 1. The first-order chi connectivity index (χ1) is 18.4. The van der Waals surface area contributed by atoms with E-state index in [9.17, 15) is 9.90 Å². The van der Waals surface area contributed by atoms with E-state index in [1.807, 2.05) is 0 Å². The van der Waals surface area contributed by atoms with Gasteiger partial charge in [-0.25, -0.2) is 0 Å². The predicted molar refractivity (Wildman–Crippen MR) is 143 cm³/mol. The molecular formula is C27H37N7O4. The molecule has 11 heteroatoms. The van der Waals surface area contributed by atoms with Crippen LogP contribution in [0.1, 0.15) is 55.8 Å². The van der Waals surface area contributed by atoms with Crippen LogP contribution in [-0.4, -0.2) is 75.0 Å². The van der Waals surface area contributed by atoms with Crippen LogP contribution < -0.4 is 20.5 Å². The van der Waals surface area contributed by atoms with E-state index in [-0.39, 0.29) is 29.7 Å². The minimum absolute atomic E-state index is 0.0657. The summed E-state index contributed by atoms with van der Waals surface area (Å²) in [7, 11) is 1.67. The lowest BCUT2D eigenvalue weighted by Crippen LogP contribution is -2.43. The first-order valence-electron chi connectivity index (χ1n) is 13.4. The standard InChI is InChI=1S/C27H37N7O4/c1-3-4-11-38-27-30-22-20(32-33-23(22)25(28)31-27)13-18-6-5-16(12-21(18)37-2)14-34-10-9-19(15-34)29-26(36)24(35)17-7-8-17/h5-6,12,17,19,24,35H,3-4,7-11,13-15H2,1-2H3,(H,29,36)(H,32,33)(H2,28,30,31)/t19-,24+/m0/s1. The van der Waals surface area contributed by atoms with E-state index in [1.54, 1.807) is 7.11 Å². The van der Waals surface area contributed by atoms with Crippen LogP contribution in [0.25, 0.3) is 11.0 Å². The molecule has 2 atom stereocenters. The number of hydrogen-bond donors (Lipinski definition) is 4. The van der Waals surface area contributed by atoms with Gasteiger partial charge in [-0.2, -0.15) is 15.1 Å². The second-order valence-electron chi connectivity index (χ2n) is 10.3. The summed E-state index contributed by atoms with van der Waals surface area (Å²) in [5, 5.41) is 20.5. The van der Waals surface area contributed by atoms with Gasteiger partial charge in [0.1, 0.15) is 17.4 Å². The number of benzene rings is 1. The summed E-state index contributed by atoms with van der Waals surface area (Å²) in [6.45, 7) is 5.04. The number of aromatic amines is 1. The van der Waals surface area contributed by atoms with E-state index in [0.29, 0.717) is 24.1 Å². The third-order valence-electron chi connectivity index (χ3n) is 7.29. The van der Waals surface area contributed by atoms with Crippen LogP contribution in [0.5, 0.6) is 11.8 Å². The summed E-state index contributed by atoms with van der Waals surface area (Å²) >= 11 is 0. The molecule has 0 bridgehead atoms. The molecule has 5 N–H and O–H groups in total.